The van der Waals surface area contributed by atoms with E-state index in [0.717, 1.165) is 84.6 Å². The van der Waals surface area contributed by atoms with Gasteiger partial charge in [0.05, 0.1) is 6.54 Å². The summed E-state index contributed by atoms with van der Waals surface area (Å²) in [6.07, 6.45) is 6.60. The molecule has 3 aliphatic rings. The molecule has 0 atom stereocenters. The number of carbonyl (C=O) groups excluding carboxylic acids is 2. The van der Waals surface area contributed by atoms with Crippen LogP contribution in [0.3, 0.4) is 0 Å². The van der Waals surface area contributed by atoms with E-state index >= 15 is 0 Å². The van der Waals surface area contributed by atoms with Crippen LogP contribution in [0.15, 0.2) is 0 Å². The molecule has 0 unspecified atom stereocenters. The zero-order valence-electron chi connectivity index (χ0n) is 14.9. The van der Waals surface area contributed by atoms with Gasteiger partial charge in [-0.1, -0.05) is 12.8 Å². The minimum Gasteiger partial charge on any atom is -0.342 e. The Morgan fingerprint density at radius 1 is 0.750 bits per heavy atom. The predicted octanol–water partition coefficient (Wildman–Crippen LogP) is 0.629. The predicted molar refractivity (Wildman–Crippen MR) is 93.7 cm³/mol. The van der Waals surface area contributed by atoms with Crippen LogP contribution in [0.25, 0.3) is 0 Å². The van der Waals surface area contributed by atoms with Gasteiger partial charge in [0, 0.05) is 65.3 Å². The highest BCUT2D eigenvalue weighted by Gasteiger charge is 2.24. The van der Waals surface area contributed by atoms with Crippen LogP contribution in [0.2, 0.25) is 0 Å². The number of carbonyl (C=O) groups is 2. The molecule has 6 nitrogen and oxygen atoms in total. The molecule has 3 aliphatic heterocycles. The lowest BCUT2D eigenvalue weighted by molar-refractivity contribution is -0.133. The van der Waals surface area contributed by atoms with Crippen LogP contribution in [0, 0.1) is 0 Å². The maximum absolute atomic E-state index is 12.5. The highest BCUT2D eigenvalue weighted by molar-refractivity contribution is 5.78. The first-order chi connectivity index (χ1) is 11.7. The topological polar surface area (TPSA) is 47.1 Å². The lowest BCUT2D eigenvalue weighted by Gasteiger charge is -2.36. The zero-order chi connectivity index (χ0) is 16.8. The number of hydrogen-bond acceptors (Lipinski definition) is 4. The number of piperazine rings is 1. The molecule has 0 aromatic carbocycles. The second-order valence-electron chi connectivity index (χ2n) is 7.40. The highest BCUT2D eigenvalue weighted by Crippen LogP contribution is 2.12. The minimum absolute atomic E-state index is 0.313. The van der Waals surface area contributed by atoms with Gasteiger partial charge in [-0.15, -0.1) is 0 Å². The summed E-state index contributed by atoms with van der Waals surface area (Å²) in [6, 6.07) is 0. The van der Waals surface area contributed by atoms with Gasteiger partial charge in [-0.25, -0.2) is 0 Å². The molecule has 0 spiro atoms. The van der Waals surface area contributed by atoms with Crippen LogP contribution in [-0.4, -0.2) is 96.9 Å². The van der Waals surface area contributed by atoms with Gasteiger partial charge < -0.3 is 9.80 Å². The molecular weight excluding hydrogens is 304 g/mol. The lowest BCUT2D eigenvalue weighted by atomic mass is 10.2. The van der Waals surface area contributed by atoms with Crippen molar-refractivity contribution in [3.05, 3.63) is 0 Å². The lowest BCUT2D eigenvalue weighted by Crippen LogP contribution is -2.51. The van der Waals surface area contributed by atoms with Gasteiger partial charge in [-0.05, 0) is 19.3 Å². The molecule has 6 heteroatoms. The van der Waals surface area contributed by atoms with Crippen molar-refractivity contribution in [3.63, 3.8) is 0 Å². The van der Waals surface area contributed by atoms with Crippen LogP contribution in [-0.2, 0) is 9.59 Å². The third-order valence-electron chi connectivity index (χ3n) is 5.64. The quantitative estimate of drug-likeness (QED) is 0.739. The molecule has 0 N–H and O–H groups in total. The Kier molecular flexibility index (Phi) is 6.49. The van der Waals surface area contributed by atoms with Gasteiger partial charge in [0.2, 0.25) is 11.8 Å². The third-order valence-corrected chi connectivity index (χ3v) is 5.64. The Morgan fingerprint density at radius 3 is 2.04 bits per heavy atom. The summed E-state index contributed by atoms with van der Waals surface area (Å²) >= 11 is 0. The Morgan fingerprint density at radius 2 is 1.42 bits per heavy atom. The number of likely N-dealkylation sites (tertiary alicyclic amines) is 2. The van der Waals surface area contributed by atoms with Gasteiger partial charge in [-0.3, -0.25) is 19.4 Å². The smallest absolute Gasteiger partial charge is 0.236 e. The molecule has 0 saturated carbocycles. The van der Waals surface area contributed by atoms with Crippen LogP contribution in [0.5, 0.6) is 0 Å². The molecule has 3 heterocycles. The fourth-order valence-electron chi connectivity index (χ4n) is 3.98. The van der Waals surface area contributed by atoms with E-state index in [-0.39, 0.29) is 0 Å². The standard InChI is InChI=1S/C18H32N4O2/c23-17-6-5-9-22(17)15-14-19-10-12-20(13-11-19)16-18(24)21-7-3-1-2-4-8-21/h1-16H2. The van der Waals surface area contributed by atoms with Gasteiger partial charge >= 0.3 is 0 Å². The summed E-state index contributed by atoms with van der Waals surface area (Å²) < 4.78 is 0. The van der Waals surface area contributed by atoms with E-state index in [4.69, 9.17) is 0 Å². The van der Waals surface area contributed by atoms with E-state index in [1.54, 1.807) is 0 Å². The fourth-order valence-corrected chi connectivity index (χ4v) is 3.98. The number of nitrogens with zero attached hydrogens (tertiary/aromatic N) is 4. The van der Waals surface area contributed by atoms with Crippen LogP contribution in [0.4, 0.5) is 0 Å². The van der Waals surface area contributed by atoms with E-state index in [1.807, 2.05) is 4.90 Å². The zero-order valence-corrected chi connectivity index (χ0v) is 14.9. The summed E-state index contributed by atoms with van der Waals surface area (Å²) in [5.41, 5.74) is 0. The van der Waals surface area contributed by atoms with Crippen molar-refractivity contribution >= 4 is 11.8 Å². The molecule has 24 heavy (non-hydrogen) atoms. The Hall–Kier alpha value is -1.14. The average Bonchev–Trinajstić information content (AvgIpc) is 2.84. The summed E-state index contributed by atoms with van der Waals surface area (Å²) in [5.74, 6) is 0.629. The van der Waals surface area contributed by atoms with Crippen LogP contribution < -0.4 is 0 Å². The van der Waals surface area contributed by atoms with Gasteiger partial charge in [0.25, 0.3) is 0 Å². The van der Waals surface area contributed by atoms with Crippen molar-refractivity contribution in [2.24, 2.45) is 0 Å². The average molecular weight is 336 g/mol. The molecule has 2 amide bonds. The maximum atomic E-state index is 12.5. The number of hydrogen-bond donors (Lipinski definition) is 0. The summed E-state index contributed by atoms with van der Waals surface area (Å²) in [7, 11) is 0. The van der Waals surface area contributed by atoms with Gasteiger partial charge in [-0.2, -0.15) is 0 Å². The molecule has 3 saturated heterocycles. The molecular formula is C18H32N4O2. The third kappa shape index (κ3) is 4.93. The molecule has 0 aromatic rings. The largest absolute Gasteiger partial charge is 0.342 e. The van der Waals surface area contributed by atoms with Crippen molar-refractivity contribution in [2.75, 3.05) is 65.4 Å². The van der Waals surface area contributed by atoms with Crippen LogP contribution >= 0.6 is 0 Å². The monoisotopic (exact) mass is 336 g/mol. The van der Waals surface area contributed by atoms with E-state index in [2.05, 4.69) is 14.7 Å². The second kappa shape index (κ2) is 8.81. The van der Waals surface area contributed by atoms with E-state index in [9.17, 15) is 9.59 Å². The van der Waals surface area contributed by atoms with Crippen molar-refractivity contribution in [1.82, 2.24) is 19.6 Å². The fraction of sp³-hybridized carbons (Fsp3) is 0.889. The maximum Gasteiger partial charge on any atom is 0.236 e. The molecule has 136 valence electrons. The Labute approximate surface area is 145 Å². The van der Waals surface area contributed by atoms with E-state index < -0.39 is 0 Å². The molecule has 3 fully saturated rings. The summed E-state index contributed by atoms with van der Waals surface area (Å²) in [5, 5.41) is 0. The molecule has 0 aliphatic carbocycles. The van der Waals surface area contributed by atoms with E-state index in [0.29, 0.717) is 18.4 Å². The number of rotatable bonds is 5. The minimum atomic E-state index is 0.313. The molecule has 0 bridgehead atoms. The Bertz CT molecular complexity index is 427. The molecule has 3 rings (SSSR count). The normalized spacial score (nSPS) is 24.4. The SMILES string of the molecule is O=C1CCCN1CCN1CCN(CC(=O)N2CCCCCC2)CC1. The number of amides is 2. The Balaban J connectivity index is 1.34. The first-order valence-electron chi connectivity index (χ1n) is 9.72. The van der Waals surface area contributed by atoms with Crippen molar-refractivity contribution < 1.29 is 9.59 Å². The van der Waals surface area contributed by atoms with Gasteiger partial charge in [0.15, 0.2) is 0 Å². The molecule has 0 radical (unpaired) electrons. The van der Waals surface area contributed by atoms with E-state index in [1.165, 1.54) is 12.8 Å². The molecule has 0 aromatic heterocycles. The van der Waals surface area contributed by atoms with Crippen LogP contribution in [0.1, 0.15) is 38.5 Å². The summed E-state index contributed by atoms with van der Waals surface area (Å²) in [4.78, 5) is 32.9. The highest BCUT2D eigenvalue weighted by atomic mass is 16.2. The second-order valence-corrected chi connectivity index (χ2v) is 7.40. The van der Waals surface area contributed by atoms with Crippen molar-refractivity contribution in [1.29, 1.82) is 0 Å². The first kappa shape index (κ1) is 17.7. The van der Waals surface area contributed by atoms with Crippen molar-refractivity contribution in [3.8, 4) is 0 Å². The first-order valence-corrected chi connectivity index (χ1v) is 9.72. The van der Waals surface area contributed by atoms with Gasteiger partial charge in [0.1, 0.15) is 0 Å². The summed E-state index contributed by atoms with van der Waals surface area (Å²) in [6.45, 7) is 9.20. The van der Waals surface area contributed by atoms with Crippen molar-refractivity contribution in [2.45, 2.75) is 38.5 Å².